The highest BCUT2D eigenvalue weighted by Crippen LogP contribution is 1.99. The minimum Gasteiger partial charge on any atom is -0.305 e. The van der Waals surface area contributed by atoms with Crippen LogP contribution in [0.1, 0.15) is 17.1 Å². The first-order valence-corrected chi connectivity index (χ1v) is 4.61. The molecule has 0 aliphatic heterocycles. The van der Waals surface area contributed by atoms with Crippen LogP contribution >= 0.6 is 0 Å². The number of aryl methyl sites for hydroxylation is 1. The van der Waals surface area contributed by atoms with E-state index in [1.165, 1.54) is 0 Å². The average molecular weight is 205 g/mol. The molecule has 2 aromatic heterocycles. The van der Waals surface area contributed by atoms with Crippen molar-refractivity contribution in [1.29, 1.82) is 0 Å². The minimum atomic E-state index is 0.617. The van der Waals surface area contributed by atoms with Gasteiger partial charge in [-0.3, -0.25) is 0 Å². The molecule has 0 spiro atoms. The first-order valence-electron chi connectivity index (χ1n) is 4.61. The SMILES string of the molecule is Cc1nonc1CNCc1cccnn1. The molecule has 6 nitrogen and oxygen atoms in total. The zero-order valence-corrected chi connectivity index (χ0v) is 8.34. The van der Waals surface area contributed by atoms with Crippen molar-refractivity contribution in [3.63, 3.8) is 0 Å². The van der Waals surface area contributed by atoms with Crippen molar-refractivity contribution in [3.05, 3.63) is 35.4 Å². The Labute approximate surface area is 86.7 Å². The third kappa shape index (κ3) is 2.57. The van der Waals surface area contributed by atoms with Crippen molar-refractivity contribution in [2.24, 2.45) is 0 Å². The van der Waals surface area contributed by atoms with Crippen LogP contribution in [0.4, 0.5) is 0 Å². The van der Waals surface area contributed by atoms with Gasteiger partial charge in [0, 0.05) is 19.3 Å². The van der Waals surface area contributed by atoms with E-state index in [4.69, 9.17) is 0 Å². The van der Waals surface area contributed by atoms with Gasteiger partial charge in [-0.15, -0.1) is 0 Å². The predicted molar refractivity (Wildman–Crippen MR) is 51.6 cm³/mol. The van der Waals surface area contributed by atoms with Gasteiger partial charge in [-0.05, 0) is 19.1 Å². The van der Waals surface area contributed by atoms with Crippen LogP contribution in [0, 0.1) is 6.92 Å². The van der Waals surface area contributed by atoms with Crippen LogP contribution < -0.4 is 5.32 Å². The normalized spacial score (nSPS) is 10.5. The van der Waals surface area contributed by atoms with Crippen LogP contribution in [-0.2, 0) is 13.1 Å². The maximum absolute atomic E-state index is 4.58. The molecule has 0 aliphatic carbocycles. The van der Waals surface area contributed by atoms with E-state index >= 15 is 0 Å². The average Bonchev–Trinajstić information content (AvgIpc) is 2.66. The van der Waals surface area contributed by atoms with Crippen molar-refractivity contribution in [3.8, 4) is 0 Å². The summed E-state index contributed by atoms with van der Waals surface area (Å²) in [6, 6.07) is 3.76. The number of aromatic nitrogens is 4. The summed E-state index contributed by atoms with van der Waals surface area (Å²) >= 11 is 0. The first kappa shape index (κ1) is 9.72. The number of nitrogens with zero attached hydrogens (tertiary/aromatic N) is 4. The fraction of sp³-hybridized carbons (Fsp3) is 0.333. The van der Waals surface area contributed by atoms with E-state index in [0.29, 0.717) is 13.1 Å². The van der Waals surface area contributed by atoms with Crippen molar-refractivity contribution < 1.29 is 4.63 Å². The maximum atomic E-state index is 4.58. The van der Waals surface area contributed by atoms with Gasteiger partial charge in [-0.2, -0.15) is 10.2 Å². The molecule has 0 unspecified atom stereocenters. The fourth-order valence-electron chi connectivity index (χ4n) is 1.15. The van der Waals surface area contributed by atoms with Gasteiger partial charge in [0.2, 0.25) is 0 Å². The van der Waals surface area contributed by atoms with Crippen LogP contribution in [-0.4, -0.2) is 20.5 Å². The lowest BCUT2D eigenvalue weighted by Crippen LogP contribution is -2.14. The van der Waals surface area contributed by atoms with E-state index in [1.54, 1.807) is 6.20 Å². The second kappa shape index (κ2) is 4.61. The molecule has 0 bridgehead atoms. The van der Waals surface area contributed by atoms with Crippen molar-refractivity contribution in [2.45, 2.75) is 20.0 Å². The van der Waals surface area contributed by atoms with Crippen molar-refractivity contribution in [2.75, 3.05) is 0 Å². The standard InChI is InChI=1S/C9H11N5O/c1-7-9(14-15-13-7)6-10-5-8-3-2-4-11-12-8/h2-4,10H,5-6H2,1H3. The minimum absolute atomic E-state index is 0.617. The van der Waals surface area contributed by atoms with Crippen molar-refractivity contribution >= 4 is 0 Å². The molecule has 0 fully saturated rings. The quantitative estimate of drug-likeness (QED) is 0.781. The summed E-state index contributed by atoms with van der Waals surface area (Å²) in [7, 11) is 0. The van der Waals surface area contributed by atoms with Gasteiger partial charge in [0.15, 0.2) is 0 Å². The molecule has 6 heteroatoms. The topological polar surface area (TPSA) is 76.7 Å². The van der Waals surface area contributed by atoms with Crippen LogP contribution in [0.2, 0.25) is 0 Å². The van der Waals surface area contributed by atoms with E-state index in [-0.39, 0.29) is 0 Å². The molecule has 2 aromatic rings. The molecule has 15 heavy (non-hydrogen) atoms. The molecular weight excluding hydrogens is 194 g/mol. The Morgan fingerprint density at radius 3 is 2.93 bits per heavy atom. The van der Waals surface area contributed by atoms with E-state index in [0.717, 1.165) is 17.1 Å². The van der Waals surface area contributed by atoms with Gasteiger partial charge in [0.1, 0.15) is 11.4 Å². The Balaban J connectivity index is 1.83. The summed E-state index contributed by atoms with van der Waals surface area (Å²) < 4.78 is 4.58. The molecule has 2 rings (SSSR count). The van der Waals surface area contributed by atoms with Gasteiger partial charge < -0.3 is 5.32 Å². The largest absolute Gasteiger partial charge is 0.305 e. The molecule has 0 amide bonds. The van der Waals surface area contributed by atoms with Crippen LogP contribution in [0.15, 0.2) is 23.0 Å². The first-order chi connectivity index (χ1) is 7.36. The molecule has 0 saturated heterocycles. The Morgan fingerprint density at radius 1 is 1.33 bits per heavy atom. The zero-order chi connectivity index (χ0) is 10.5. The van der Waals surface area contributed by atoms with Gasteiger partial charge in [-0.1, -0.05) is 10.3 Å². The predicted octanol–water partition coefficient (Wildman–Crippen LogP) is 0.458. The van der Waals surface area contributed by atoms with E-state index in [2.05, 4.69) is 30.5 Å². The third-order valence-electron chi connectivity index (χ3n) is 1.97. The molecule has 0 saturated carbocycles. The fourth-order valence-corrected chi connectivity index (χ4v) is 1.15. The smallest absolute Gasteiger partial charge is 0.121 e. The Morgan fingerprint density at radius 2 is 2.27 bits per heavy atom. The van der Waals surface area contributed by atoms with Crippen LogP contribution in [0.5, 0.6) is 0 Å². The monoisotopic (exact) mass is 205 g/mol. The Hall–Kier alpha value is -1.82. The van der Waals surface area contributed by atoms with Gasteiger partial charge in [0.05, 0.1) is 5.69 Å². The summed E-state index contributed by atoms with van der Waals surface area (Å²) in [6.07, 6.45) is 1.65. The zero-order valence-electron chi connectivity index (χ0n) is 8.34. The van der Waals surface area contributed by atoms with E-state index in [1.807, 2.05) is 19.1 Å². The van der Waals surface area contributed by atoms with E-state index < -0.39 is 0 Å². The number of nitrogens with one attached hydrogen (secondary N) is 1. The van der Waals surface area contributed by atoms with Gasteiger partial charge in [0.25, 0.3) is 0 Å². The summed E-state index contributed by atoms with van der Waals surface area (Å²) in [5.74, 6) is 0. The lowest BCUT2D eigenvalue weighted by molar-refractivity contribution is 0.300. The molecule has 0 aliphatic rings. The highest BCUT2D eigenvalue weighted by atomic mass is 16.6. The summed E-state index contributed by atoms with van der Waals surface area (Å²) in [5, 5.41) is 18.4. The highest BCUT2D eigenvalue weighted by Gasteiger charge is 2.03. The summed E-state index contributed by atoms with van der Waals surface area (Å²) in [6.45, 7) is 3.13. The molecule has 0 atom stereocenters. The lowest BCUT2D eigenvalue weighted by Gasteiger charge is -2.00. The second-order valence-electron chi connectivity index (χ2n) is 3.11. The lowest BCUT2D eigenvalue weighted by atomic mass is 10.3. The second-order valence-corrected chi connectivity index (χ2v) is 3.11. The number of rotatable bonds is 4. The molecule has 0 radical (unpaired) electrons. The van der Waals surface area contributed by atoms with E-state index in [9.17, 15) is 0 Å². The molecule has 0 aromatic carbocycles. The van der Waals surface area contributed by atoms with Gasteiger partial charge >= 0.3 is 0 Å². The molecule has 78 valence electrons. The third-order valence-corrected chi connectivity index (χ3v) is 1.97. The molecule has 1 N–H and O–H groups in total. The Kier molecular flexibility index (Phi) is 2.99. The molecule has 2 heterocycles. The van der Waals surface area contributed by atoms with Crippen LogP contribution in [0.3, 0.4) is 0 Å². The summed E-state index contributed by atoms with van der Waals surface area (Å²) in [5.41, 5.74) is 2.52. The molecular formula is C9H11N5O. The maximum Gasteiger partial charge on any atom is 0.121 e. The highest BCUT2D eigenvalue weighted by molar-refractivity contribution is 5.04. The van der Waals surface area contributed by atoms with Crippen LogP contribution in [0.25, 0.3) is 0 Å². The Bertz CT molecular complexity index is 413. The van der Waals surface area contributed by atoms with Crippen molar-refractivity contribution in [1.82, 2.24) is 25.8 Å². The number of hydrogen-bond acceptors (Lipinski definition) is 6. The number of hydrogen-bond donors (Lipinski definition) is 1. The van der Waals surface area contributed by atoms with Gasteiger partial charge in [-0.25, -0.2) is 4.63 Å². The summed E-state index contributed by atoms with van der Waals surface area (Å²) in [4.78, 5) is 0.